The first kappa shape index (κ1) is 11.8. The topological polar surface area (TPSA) is 56.5 Å². The van der Waals surface area contributed by atoms with Crippen molar-refractivity contribution in [2.24, 2.45) is 0 Å². The number of rotatable bonds is 0. The first-order valence-electron chi connectivity index (χ1n) is 6.48. The van der Waals surface area contributed by atoms with E-state index in [1.54, 1.807) is 48.6 Å². The van der Waals surface area contributed by atoms with Crippen molar-refractivity contribution in [3.63, 3.8) is 0 Å². The molecule has 0 saturated heterocycles. The van der Waals surface area contributed by atoms with Gasteiger partial charge in [0.25, 0.3) is 5.78 Å². The van der Waals surface area contributed by atoms with Gasteiger partial charge < -0.3 is 13.3 Å². The molecule has 0 aromatic carbocycles. The van der Waals surface area contributed by atoms with Gasteiger partial charge in [0.15, 0.2) is 11.5 Å². The van der Waals surface area contributed by atoms with E-state index < -0.39 is 0 Å². The van der Waals surface area contributed by atoms with Crippen LogP contribution in [0.2, 0.25) is 0 Å². The van der Waals surface area contributed by atoms with E-state index in [0.717, 1.165) is 0 Å². The molecule has 1 aliphatic heterocycles. The Morgan fingerprint density at radius 3 is 1.38 bits per heavy atom. The molecule has 3 aromatic heterocycles. The summed E-state index contributed by atoms with van der Waals surface area (Å²) in [6.45, 7) is 0. The van der Waals surface area contributed by atoms with Crippen LogP contribution in [0.25, 0.3) is 24.3 Å². The van der Waals surface area contributed by atoms with Crippen LogP contribution < -0.4 is 0 Å². The SMILES string of the molecule is O=C1c2ccc(o2)/C=C\c2ccc(o2)/C=C\c2ccc1o2. The fourth-order valence-electron chi connectivity index (χ4n) is 2.13. The van der Waals surface area contributed by atoms with E-state index in [9.17, 15) is 4.79 Å². The summed E-state index contributed by atoms with van der Waals surface area (Å²) in [5.41, 5.74) is 0. The van der Waals surface area contributed by atoms with Gasteiger partial charge in [-0.05, 0) is 60.7 Å². The van der Waals surface area contributed by atoms with E-state index in [0.29, 0.717) is 23.0 Å². The Morgan fingerprint density at radius 2 is 0.905 bits per heavy atom. The summed E-state index contributed by atoms with van der Waals surface area (Å²) in [7, 11) is 0. The molecule has 0 aliphatic carbocycles. The minimum Gasteiger partial charge on any atom is -0.457 e. The minimum atomic E-state index is -0.274. The molecule has 21 heavy (non-hydrogen) atoms. The van der Waals surface area contributed by atoms with Gasteiger partial charge in [-0.15, -0.1) is 0 Å². The Morgan fingerprint density at radius 1 is 0.524 bits per heavy atom. The maximum atomic E-state index is 12.2. The number of carbonyl (C=O) groups is 1. The molecule has 102 valence electrons. The lowest BCUT2D eigenvalue weighted by Gasteiger charge is -1.93. The summed E-state index contributed by atoms with van der Waals surface area (Å²) in [6.07, 6.45) is 7.09. The molecule has 4 nitrogen and oxygen atoms in total. The van der Waals surface area contributed by atoms with Crippen molar-refractivity contribution in [3.8, 4) is 0 Å². The predicted molar refractivity (Wildman–Crippen MR) is 77.4 cm³/mol. The minimum absolute atomic E-state index is 0.247. The Labute approximate surface area is 120 Å². The molecular formula is C17H10O4. The predicted octanol–water partition coefficient (Wildman–Crippen LogP) is 4.35. The van der Waals surface area contributed by atoms with Gasteiger partial charge in [-0.1, -0.05) is 0 Å². The molecule has 4 heteroatoms. The van der Waals surface area contributed by atoms with Crippen molar-refractivity contribution in [1.82, 2.24) is 0 Å². The number of fused-ring (bicyclic) bond motifs is 6. The van der Waals surface area contributed by atoms with Crippen molar-refractivity contribution in [2.45, 2.75) is 0 Å². The lowest BCUT2D eigenvalue weighted by atomic mass is 10.2. The van der Waals surface area contributed by atoms with E-state index in [1.807, 2.05) is 12.1 Å². The highest BCUT2D eigenvalue weighted by Crippen LogP contribution is 2.21. The lowest BCUT2D eigenvalue weighted by Crippen LogP contribution is -1.96. The van der Waals surface area contributed by atoms with E-state index in [4.69, 9.17) is 13.3 Å². The zero-order chi connectivity index (χ0) is 14.2. The second-order valence-electron chi connectivity index (χ2n) is 4.64. The summed E-state index contributed by atoms with van der Waals surface area (Å²) in [5, 5.41) is 0. The van der Waals surface area contributed by atoms with Gasteiger partial charge in [-0.2, -0.15) is 0 Å². The van der Waals surface area contributed by atoms with Crippen LogP contribution in [0.1, 0.15) is 39.4 Å². The third kappa shape index (κ3) is 2.17. The molecule has 4 heterocycles. The first-order chi connectivity index (χ1) is 10.3. The van der Waals surface area contributed by atoms with E-state index in [1.165, 1.54) is 0 Å². The standard InChI is InChI=1S/C17H10O4/c18-17-15-9-7-13(20-15)5-3-11-1-2-12(19-11)4-6-14-8-10-16(17)21-14/h1-10H/b5-3-,6-4-. The van der Waals surface area contributed by atoms with E-state index in [2.05, 4.69) is 0 Å². The molecular weight excluding hydrogens is 268 g/mol. The Hall–Kier alpha value is -3.01. The Balaban J connectivity index is 1.87. The largest absolute Gasteiger partial charge is 0.457 e. The highest BCUT2D eigenvalue weighted by atomic mass is 16.4. The number of ketones is 1. The molecule has 0 amide bonds. The van der Waals surface area contributed by atoms with Crippen LogP contribution in [-0.4, -0.2) is 5.78 Å². The van der Waals surface area contributed by atoms with Crippen LogP contribution in [0, 0.1) is 0 Å². The van der Waals surface area contributed by atoms with Crippen LogP contribution >= 0.6 is 0 Å². The van der Waals surface area contributed by atoms with Crippen LogP contribution in [0.15, 0.2) is 49.6 Å². The molecule has 0 atom stereocenters. The highest BCUT2D eigenvalue weighted by molar-refractivity contribution is 6.05. The van der Waals surface area contributed by atoms with Crippen LogP contribution in [0.5, 0.6) is 0 Å². The van der Waals surface area contributed by atoms with E-state index >= 15 is 0 Å². The molecule has 6 bridgehead atoms. The first-order valence-corrected chi connectivity index (χ1v) is 6.48. The molecule has 0 radical (unpaired) electrons. The maximum Gasteiger partial charge on any atom is 0.263 e. The smallest absolute Gasteiger partial charge is 0.263 e. The molecule has 4 rings (SSSR count). The van der Waals surface area contributed by atoms with Gasteiger partial charge in [-0.3, -0.25) is 4.79 Å². The molecule has 0 unspecified atom stereocenters. The van der Waals surface area contributed by atoms with Gasteiger partial charge >= 0.3 is 0 Å². The fraction of sp³-hybridized carbons (Fsp3) is 0. The second kappa shape index (κ2) is 4.52. The molecule has 0 saturated carbocycles. The molecule has 0 spiro atoms. The summed E-state index contributed by atoms with van der Waals surface area (Å²) in [4.78, 5) is 12.2. The molecule has 1 aliphatic rings. The van der Waals surface area contributed by atoms with Crippen molar-refractivity contribution < 1.29 is 18.0 Å². The molecule has 0 N–H and O–H groups in total. The van der Waals surface area contributed by atoms with Crippen LogP contribution in [0.4, 0.5) is 0 Å². The van der Waals surface area contributed by atoms with E-state index in [-0.39, 0.29) is 17.3 Å². The van der Waals surface area contributed by atoms with Gasteiger partial charge in [0.2, 0.25) is 0 Å². The quantitative estimate of drug-likeness (QED) is 0.480. The average molecular weight is 278 g/mol. The summed E-state index contributed by atoms with van der Waals surface area (Å²) < 4.78 is 16.6. The lowest BCUT2D eigenvalue weighted by molar-refractivity contribution is 0.0982. The van der Waals surface area contributed by atoms with Gasteiger partial charge in [0.05, 0.1) is 0 Å². The Bertz CT molecular complexity index is 801. The van der Waals surface area contributed by atoms with Crippen LogP contribution in [-0.2, 0) is 0 Å². The maximum absolute atomic E-state index is 12.2. The number of hydrogen-bond acceptors (Lipinski definition) is 4. The zero-order valence-corrected chi connectivity index (χ0v) is 10.9. The summed E-state index contributed by atoms with van der Waals surface area (Å²) in [6, 6.07) is 10.4. The summed E-state index contributed by atoms with van der Waals surface area (Å²) in [5.74, 6) is 2.79. The van der Waals surface area contributed by atoms with Gasteiger partial charge in [-0.25, -0.2) is 0 Å². The van der Waals surface area contributed by atoms with Crippen molar-refractivity contribution in [2.75, 3.05) is 0 Å². The third-order valence-electron chi connectivity index (χ3n) is 3.17. The molecule has 3 aromatic rings. The second-order valence-corrected chi connectivity index (χ2v) is 4.64. The van der Waals surface area contributed by atoms with Gasteiger partial charge in [0, 0.05) is 0 Å². The number of carbonyl (C=O) groups excluding carboxylic acids is 1. The summed E-state index contributed by atoms with van der Waals surface area (Å²) >= 11 is 0. The normalized spacial score (nSPS) is 16.5. The average Bonchev–Trinajstić information content (AvgIpc) is 3.21. The zero-order valence-electron chi connectivity index (χ0n) is 10.9. The fourth-order valence-corrected chi connectivity index (χ4v) is 2.13. The Kier molecular flexibility index (Phi) is 2.54. The number of hydrogen-bond donors (Lipinski definition) is 0. The van der Waals surface area contributed by atoms with Crippen molar-refractivity contribution in [3.05, 3.63) is 71.0 Å². The van der Waals surface area contributed by atoms with Crippen molar-refractivity contribution in [1.29, 1.82) is 0 Å². The third-order valence-corrected chi connectivity index (χ3v) is 3.17. The van der Waals surface area contributed by atoms with Crippen LogP contribution in [0.3, 0.4) is 0 Å². The van der Waals surface area contributed by atoms with Crippen molar-refractivity contribution >= 4 is 30.1 Å². The monoisotopic (exact) mass is 278 g/mol. The highest BCUT2D eigenvalue weighted by Gasteiger charge is 2.17. The molecule has 0 fully saturated rings. The van der Waals surface area contributed by atoms with Gasteiger partial charge in [0.1, 0.15) is 23.0 Å². The number of furan rings is 3.